The summed E-state index contributed by atoms with van der Waals surface area (Å²) in [6, 6.07) is 1.82. The number of halogens is 1. The van der Waals surface area contributed by atoms with Crippen molar-refractivity contribution < 1.29 is 9.90 Å². The number of rotatable bonds is 4. The predicted octanol–water partition coefficient (Wildman–Crippen LogP) is 4.02. The standard InChI is InChI=1S/C13H17BrO2S/c14-13-10(6-7-17-13)12(16)8-11(15)9-4-2-1-3-5-9/h6-7,9,11,15H,1-5,8H2. The van der Waals surface area contributed by atoms with Gasteiger partial charge in [0.25, 0.3) is 0 Å². The van der Waals surface area contributed by atoms with E-state index in [1.807, 2.05) is 11.4 Å². The van der Waals surface area contributed by atoms with Crippen molar-refractivity contribution >= 4 is 33.0 Å². The molecule has 94 valence electrons. The fourth-order valence-electron chi connectivity index (χ4n) is 2.48. The van der Waals surface area contributed by atoms with Crippen molar-refractivity contribution in [2.75, 3.05) is 0 Å². The van der Waals surface area contributed by atoms with E-state index in [2.05, 4.69) is 15.9 Å². The zero-order valence-electron chi connectivity index (χ0n) is 9.69. The molecule has 0 bridgehead atoms. The second-order valence-corrected chi connectivity index (χ2v) is 6.93. The van der Waals surface area contributed by atoms with Crippen LogP contribution < -0.4 is 0 Å². The highest BCUT2D eigenvalue weighted by Gasteiger charge is 2.25. The van der Waals surface area contributed by atoms with E-state index in [0.29, 0.717) is 11.5 Å². The molecule has 0 spiro atoms. The molecule has 1 aliphatic rings. The Hall–Kier alpha value is -0.190. The lowest BCUT2D eigenvalue weighted by atomic mass is 9.83. The second-order valence-electron chi connectivity index (χ2n) is 4.70. The Morgan fingerprint density at radius 2 is 2.18 bits per heavy atom. The molecule has 1 N–H and O–H groups in total. The lowest BCUT2D eigenvalue weighted by Crippen LogP contribution is -2.25. The van der Waals surface area contributed by atoms with Crippen LogP contribution in [0.2, 0.25) is 0 Å². The molecule has 1 aromatic heterocycles. The molecule has 1 saturated carbocycles. The van der Waals surface area contributed by atoms with Crippen LogP contribution in [-0.2, 0) is 0 Å². The summed E-state index contributed by atoms with van der Waals surface area (Å²) in [5, 5.41) is 12.0. The second kappa shape index (κ2) is 6.12. The van der Waals surface area contributed by atoms with Crippen LogP contribution >= 0.6 is 27.3 Å². The Bertz CT molecular complexity index is 383. The van der Waals surface area contributed by atoms with Gasteiger partial charge in [-0.05, 0) is 46.1 Å². The van der Waals surface area contributed by atoms with Gasteiger partial charge in [0, 0.05) is 12.0 Å². The SMILES string of the molecule is O=C(CC(O)C1CCCCC1)c1ccsc1Br. The molecule has 1 fully saturated rings. The Kier molecular flexibility index (Phi) is 4.77. The van der Waals surface area contributed by atoms with Crippen molar-refractivity contribution in [2.24, 2.45) is 5.92 Å². The highest BCUT2D eigenvalue weighted by molar-refractivity contribution is 9.11. The Morgan fingerprint density at radius 3 is 2.76 bits per heavy atom. The van der Waals surface area contributed by atoms with E-state index in [4.69, 9.17) is 0 Å². The molecule has 1 heterocycles. The molecule has 1 unspecified atom stereocenters. The molecule has 0 radical (unpaired) electrons. The van der Waals surface area contributed by atoms with E-state index in [-0.39, 0.29) is 12.2 Å². The average Bonchev–Trinajstić information content (AvgIpc) is 2.76. The van der Waals surface area contributed by atoms with Crippen LogP contribution in [0.15, 0.2) is 15.2 Å². The highest BCUT2D eigenvalue weighted by atomic mass is 79.9. The van der Waals surface area contributed by atoms with Crippen LogP contribution in [0, 0.1) is 5.92 Å². The van der Waals surface area contributed by atoms with Crippen LogP contribution in [0.3, 0.4) is 0 Å². The molecule has 1 atom stereocenters. The van der Waals surface area contributed by atoms with Gasteiger partial charge in [-0.15, -0.1) is 11.3 Å². The van der Waals surface area contributed by atoms with E-state index in [1.165, 1.54) is 30.6 Å². The summed E-state index contributed by atoms with van der Waals surface area (Å²) in [6.45, 7) is 0. The molecular weight excluding hydrogens is 300 g/mol. The fraction of sp³-hybridized carbons (Fsp3) is 0.615. The zero-order chi connectivity index (χ0) is 12.3. The zero-order valence-corrected chi connectivity index (χ0v) is 12.1. The van der Waals surface area contributed by atoms with Crippen molar-refractivity contribution in [1.82, 2.24) is 0 Å². The first kappa shape index (κ1) is 13.2. The van der Waals surface area contributed by atoms with Gasteiger partial charge in [0.15, 0.2) is 5.78 Å². The third-order valence-corrected chi connectivity index (χ3v) is 5.19. The summed E-state index contributed by atoms with van der Waals surface area (Å²) in [6.07, 6.45) is 5.59. The number of aliphatic hydroxyl groups excluding tert-OH is 1. The van der Waals surface area contributed by atoms with E-state index < -0.39 is 6.10 Å². The smallest absolute Gasteiger partial charge is 0.167 e. The minimum Gasteiger partial charge on any atom is -0.392 e. The van der Waals surface area contributed by atoms with Crippen LogP contribution in [0.5, 0.6) is 0 Å². The summed E-state index contributed by atoms with van der Waals surface area (Å²) in [5.74, 6) is 0.376. The van der Waals surface area contributed by atoms with Crippen LogP contribution in [0.1, 0.15) is 48.9 Å². The van der Waals surface area contributed by atoms with E-state index in [0.717, 1.165) is 16.6 Å². The van der Waals surface area contributed by atoms with E-state index >= 15 is 0 Å². The number of carbonyl (C=O) groups is 1. The molecule has 4 heteroatoms. The third-order valence-electron chi connectivity index (χ3n) is 3.51. The van der Waals surface area contributed by atoms with Gasteiger partial charge in [-0.1, -0.05) is 19.3 Å². The number of carbonyl (C=O) groups excluding carboxylic acids is 1. The molecule has 1 aliphatic carbocycles. The maximum Gasteiger partial charge on any atom is 0.167 e. The van der Waals surface area contributed by atoms with Gasteiger partial charge in [0.05, 0.1) is 9.89 Å². The van der Waals surface area contributed by atoms with Crippen molar-refractivity contribution in [2.45, 2.75) is 44.6 Å². The summed E-state index contributed by atoms with van der Waals surface area (Å²) in [5.41, 5.74) is 0.713. The fourth-order valence-corrected chi connectivity index (χ4v) is 3.79. The molecule has 2 rings (SSSR count). The lowest BCUT2D eigenvalue weighted by Gasteiger charge is -2.26. The predicted molar refractivity (Wildman–Crippen MR) is 73.5 cm³/mol. The average molecular weight is 317 g/mol. The molecule has 17 heavy (non-hydrogen) atoms. The number of Topliss-reactive ketones (excluding diaryl/α,β-unsaturated/α-hetero) is 1. The number of hydrogen-bond acceptors (Lipinski definition) is 3. The monoisotopic (exact) mass is 316 g/mol. The normalized spacial score (nSPS) is 19.2. The first-order valence-electron chi connectivity index (χ1n) is 6.12. The molecule has 0 amide bonds. The first-order valence-corrected chi connectivity index (χ1v) is 7.80. The van der Waals surface area contributed by atoms with Crippen molar-refractivity contribution in [1.29, 1.82) is 0 Å². The Balaban J connectivity index is 1.92. The highest BCUT2D eigenvalue weighted by Crippen LogP contribution is 2.30. The molecular formula is C13H17BrO2S. The van der Waals surface area contributed by atoms with Gasteiger partial charge in [0.1, 0.15) is 0 Å². The van der Waals surface area contributed by atoms with Crippen molar-refractivity contribution in [3.8, 4) is 0 Å². The first-order chi connectivity index (χ1) is 8.18. The molecule has 0 saturated heterocycles. The number of ketones is 1. The quantitative estimate of drug-likeness (QED) is 0.852. The van der Waals surface area contributed by atoms with E-state index in [9.17, 15) is 9.90 Å². The van der Waals surface area contributed by atoms with Crippen LogP contribution in [0.25, 0.3) is 0 Å². The summed E-state index contributed by atoms with van der Waals surface area (Å²) in [4.78, 5) is 12.0. The van der Waals surface area contributed by atoms with Gasteiger partial charge >= 0.3 is 0 Å². The van der Waals surface area contributed by atoms with Gasteiger partial charge in [-0.2, -0.15) is 0 Å². The summed E-state index contributed by atoms with van der Waals surface area (Å²) in [7, 11) is 0. The van der Waals surface area contributed by atoms with Crippen molar-refractivity contribution in [3.05, 3.63) is 20.8 Å². The maximum atomic E-state index is 12.0. The summed E-state index contributed by atoms with van der Waals surface area (Å²) >= 11 is 4.88. The lowest BCUT2D eigenvalue weighted by molar-refractivity contribution is 0.0638. The summed E-state index contributed by atoms with van der Waals surface area (Å²) < 4.78 is 0.873. The van der Waals surface area contributed by atoms with Gasteiger partial charge in [0.2, 0.25) is 0 Å². The van der Waals surface area contributed by atoms with Gasteiger partial charge in [-0.3, -0.25) is 4.79 Å². The van der Waals surface area contributed by atoms with Crippen LogP contribution in [0.4, 0.5) is 0 Å². The van der Waals surface area contributed by atoms with E-state index in [1.54, 1.807) is 0 Å². The minimum atomic E-state index is -0.463. The third kappa shape index (κ3) is 3.39. The largest absolute Gasteiger partial charge is 0.392 e. The van der Waals surface area contributed by atoms with Crippen molar-refractivity contribution in [3.63, 3.8) is 0 Å². The number of aliphatic hydroxyl groups is 1. The van der Waals surface area contributed by atoms with Gasteiger partial charge < -0.3 is 5.11 Å². The number of thiophene rings is 1. The minimum absolute atomic E-state index is 0.0520. The Labute approximate surface area is 114 Å². The molecule has 1 aromatic rings. The van der Waals surface area contributed by atoms with Crippen LogP contribution in [-0.4, -0.2) is 17.0 Å². The Morgan fingerprint density at radius 1 is 1.47 bits per heavy atom. The molecule has 2 nitrogen and oxygen atoms in total. The molecule has 0 aromatic carbocycles. The number of hydrogen-bond donors (Lipinski definition) is 1. The maximum absolute atomic E-state index is 12.0. The van der Waals surface area contributed by atoms with Gasteiger partial charge in [-0.25, -0.2) is 0 Å². The topological polar surface area (TPSA) is 37.3 Å². The molecule has 0 aliphatic heterocycles.